The summed E-state index contributed by atoms with van der Waals surface area (Å²) in [5.41, 5.74) is 4.98. The number of nitrogens with zero attached hydrogens (tertiary/aromatic N) is 1. The molecule has 4 nitrogen and oxygen atoms in total. The second kappa shape index (κ2) is 6.71. The van der Waals surface area contributed by atoms with Crippen molar-refractivity contribution >= 4 is 5.91 Å². The minimum Gasteiger partial charge on any atom is -0.368 e. The van der Waals surface area contributed by atoms with Crippen molar-refractivity contribution in [2.24, 2.45) is 5.73 Å². The number of carbonyl (C=O) groups is 1. The number of nitrogens with two attached hydrogens (primary N) is 1. The number of carbonyl (C=O) groups excluding carboxylic acids is 1. The van der Waals surface area contributed by atoms with Gasteiger partial charge in [-0.2, -0.15) is 0 Å². The summed E-state index contributed by atoms with van der Waals surface area (Å²) in [6.07, 6.45) is 5.99. The third-order valence-corrected chi connectivity index (χ3v) is 4.45. The molecule has 0 radical (unpaired) electrons. The lowest BCUT2D eigenvalue weighted by Crippen LogP contribution is -2.58. The molecule has 0 aliphatic heterocycles. The van der Waals surface area contributed by atoms with Crippen LogP contribution in [-0.2, 0) is 4.79 Å². The Labute approximate surface area is 118 Å². The molecule has 1 aliphatic carbocycles. The molecular weight excluding hydrogens is 238 g/mol. The summed E-state index contributed by atoms with van der Waals surface area (Å²) >= 11 is 0. The van der Waals surface area contributed by atoms with Crippen LogP contribution in [0.4, 0.5) is 0 Å². The first-order valence-electron chi connectivity index (χ1n) is 7.56. The van der Waals surface area contributed by atoms with Crippen molar-refractivity contribution in [3.63, 3.8) is 0 Å². The zero-order valence-corrected chi connectivity index (χ0v) is 13.2. The molecular formula is C15H31N3O. The van der Waals surface area contributed by atoms with Gasteiger partial charge in [-0.3, -0.25) is 4.79 Å². The van der Waals surface area contributed by atoms with Gasteiger partial charge in [0.25, 0.3) is 0 Å². The van der Waals surface area contributed by atoms with Gasteiger partial charge < -0.3 is 16.0 Å². The monoisotopic (exact) mass is 269 g/mol. The first-order valence-corrected chi connectivity index (χ1v) is 7.56. The lowest BCUT2D eigenvalue weighted by atomic mass is 9.90. The normalized spacial score (nSPS) is 21.8. The minimum atomic E-state index is -0.625. The fourth-order valence-corrected chi connectivity index (χ4v) is 3.27. The molecule has 0 bridgehead atoms. The van der Waals surface area contributed by atoms with E-state index in [0.717, 1.165) is 6.42 Å². The second-order valence-electron chi connectivity index (χ2n) is 6.65. The standard InChI is InChI=1S/C15H31N3O/c1-11(2)17-15(4,14(16)19)10-12(3)18(5)13-8-6-7-9-13/h11-13,17H,6-10H2,1-5H3,(H2,16,19). The molecule has 1 aliphatic rings. The molecule has 2 atom stereocenters. The maximum atomic E-state index is 11.8. The molecule has 1 rings (SSSR count). The van der Waals surface area contributed by atoms with Crippen LogP contribution in [0.15, 0.2) is 0 Å². The van der Waals surface area contributed by atoms with Gasteiger partial charge in [-0.25, -0.2) is 0 Å². The van der Waals surface area contributed by atoms with Crippen molar-refractivity contribution in [1.82, 2.24) is 10.2 Å². The molecule has 0 aromatic carbocycles. The summed E-state index contributed by atoms with van der Waals surface area (Å²) in [5.74, 6) is -0.257. The quantitative estimate of drug-likeness (QED) is 0.742. The van der Waals surface area contributed by atoms with E-state index in [1.54, 1.807) is 0 Å². The third-order valence-electron chi connectivity index (χ3n) is 4.45. The molecule has 0 aromatic heterocycles. The summed E-state index contributed by atoms with van der Waals surface area (Å²) in [4.78, 5) is 14.2. The Kier molecular flexibility index (Phi) is 5.81. The van der Waals surface area contributed by atoms with Gasteiger partial charge in [0.1, 0.15) is 0 Å². The first kappa shape index (κ1) is 16.4. The van der Waals surface area contributed by atoms with Gasteiger partial charge in [0.2, 0.25) is 5.91 Å². The van der Waals surface area contributed by atoms with Gasteiger partial charge in [0, 0.05) is 18.1 Å². The van der Waals surface area contributed by atoms with Crippen LogP contribution in [0.3, 0.4) is 0 Å². The second-order valence-corrected chi connectivity index (χ2v) is 6.65. The minimum absolute atomic E-state index is 0.251. The van der Waals surface area contributed by atoms with Crippen LogP contribution in [0.1, 0.15) is 59.8 Å². The predicted molar refractivity (Wildman–Crippen MR) is 80.0 cm³/mol. The van der Waals surface area contributed by atoms with Crippen LogP contribution in [-0.4, -0.2) is 41.5 Å². The van der Waals surface area contributed by atoms with Crippen molar-refractivity contribution in [3.05, 3.63) is 0 Å². The van der Waals surface area contributed by atoms with E-state index in [1.165, 1.54) is 25.7 Å². The average Bonchev–Trinajstić information content (AvgIpc) is 2.79. The lowest BCUT2D eigenvalue weighted by Gasteiger charge is -2.37. The number of hydrogen-bond acceptors (Lipinski definition) is 3. The van der Waals surface area contributed by atoms with Gasteiger partial charge in [-0.15, -0.1) is 0 Å². The molecule has 3 N–H and O–H groups in total. The van der Waals surface area contributed by atoms with E-state index in [-0.39, 0.29) is 11.9 Å². The maximum Gasteiger partial charge on any atom is 0.237 e. The molecule has 1 amide bonds. The van der Waals surface area contributed by atoms with Crippen LogP contribution >= 0.6 is 0 Å². The first-order chi connectivity index (χ1) is 8.76. The molecule has 112 valence electrons. The smallest absolute Gasteiger partial charge is 0.237 e. The van der Waals surface area contributed by atoms with Crippen molar-refractivity contribution in [1.29, 1.82) is 0 Å². The fourth-order valence-electron chi connectivity index (χ4n) is 3.27. The Balaban J connectivity index is 2.64. The number of rotatable bonds is 7. The highest BCUT2D eigenvalue weighted by molar-refractivity contribution is 5.84. The SMILES string of the molecule is CC(C)NC(C)(CC(C)N(C)C1CCCC1)C(N)=O. The fraction of sp³-hybridized carbons (Fsp3) is 0.933. The Morgan fingerprint density at radius 2 is 1.89 bits per heavy atom. The van der Waals surface area contributed by atoms with Gasteiger partial charge in [-0.1, -0.05) is 12.8 Å². The van der Waals surface area contributed by atoms with E-state index >= 15 is 0 Å². The molecule has 0 heterocycles. The van der Waals surface area contributed by atoms with Crippen molar-refractivity contribution in [2.75, 3.05) is 7.05 Å². The Hall–Kier alpha value is -0.610. The molecule has 0 saturated heterocycles. The third kappa shape index (κ3) is 4.46. The van der Waals surface area contributed by atoms with Crippen LogP contribution in [0.25, 0.3) is 0 Å². The van der Waals surface area contributed by atoms with Crippen LogP contribution in [0, 0.1) is 0 Å². The maximum absolute atomic E-state index is 11.8. The Morgan fingerprint density at radius 1 is 1.37 bits per heavy atom. The van der Waals surface area contributed by atoms with E-state index in [4.69, 9.17) is 5.73 Å². The lowest BCUT2D eigenvalue weighted by molar-refractivity contribution is -0.125. The summed E-state index contributed by atoms with van der Waals surface area (Å²) in [6, 6.07) is 1.28. The van der Waals surface area contributed by atoms with Crippen molar-refractivity contribution < 1.29 is 4.79 Å². The van der Waals surface area contributed by atoms with Gasteiger partial charge in [-0.05, 0) is 54.0 Å². The Morgan fingerprint density at radius 3 is 2.32 bits per heavy atom. The number of nitrogens with one attached hydrogen (secondary N) is 1. The summed E-state index contributed by atoms with van der Waals surface area (Å²) in [7, 11) is 2.18. The van der Waals surface area contributed by atoms with E-state index < -0.39 is 5.54 Å². The number of hydrogen-bond donors (Lipinski definition) is 2. The molecule has 4 heteroatoms. The van der Waals surface area contributed by atoms with Crippen molar-refractivity contribution in [2.45, 2.75) is 83.5 Å². The highest BCUT2D eigenvalue weighted by Gasteiger charge is 2.35. The highest BCUT2D eigenvalue weighted by atomic mass is 16.1. The largest absolute Gasteiger partial charge is 0.368 e. The number of primary amides is 1. The van der Waals surface area contributed by atoms with Crippen LogP contribution in [0.2, 0.25) is 0 Å². The molecule has 19 heavy (non-hydrogen) atoms. The van der Waals surface area contributed by atoms with E-state index in [1.807, 2.05) is 20.8 Å². The zero-order chi connectivity index (χ0) is 14.6. The zero-order valence-electron chi connectivity index (χ0n) is 13.2. The van der Waals surface area contributed by atoms with Crippen molar-refractivity contribution in [3.8, 4) is 0 Å². The van der Waals surface area contributed by atoms with Gasteiger partial charge in [0.05, 0.1) is 5.54 Å². The molecule has 1 fully saturated rings. The highest BCUT2D eigenvalue weighted by Crippen LogP contribution is 2.26. The molecule has 0 aromatic rings. The van der Waals surface area contributed by atoms with Crippen LogP contribution < -0.4 is 11.1 Å². The van der Waals surface area contributed by atoms with E-state index in [9.17, 15) is 4.79 Å². The summed E-state index contributed by atoms with van der Waals surface area (Å²) in [5, 5.41) is 3.33. The van der Waals surface area contributed by atoms with Gasteiger partial charge >= 0.3 is 0 Å². The molecule has 2 unspecified atom stereocenters. The average molecular weight is 269 g/mol. The molecule has 1 saturated carbocycles. The van der Waals surface area contributed by atoms with E-state index in [2.05, 4.69) is 24.2 Å². The van der Waals surface area contributed by atoms with Gasteiger partial charge in [0.15, 0.2) is 0 Å². The topological polar surface area (TPSA) is 58.4 Å². The Bertz CT molecular complexity index is 300. The van der Waals surface area contributed by atoms with E-state index in [0.29, 0.717) is 12.1 Å². The van der Waals surface area contributed by atoms with Crippen LogP contribution in [0.5, 0.6) is 0 Å². The summed E-state index contributed by atoms with van der Waals surface area (Å²) in [6.45, 7) is 8.22. The summed E-state index contributed by atoms with van der Waals surface area (Å²) < 4.78 is 0. The number of amides is 1. The molecule has 0 spiro atoms. The predicted octanol–water partition coefficient (Wildman–Crippen LogP) is 1.88.